The maximum atomic E-state index is 13.2. The Labute approximate surface area is 197 Å². The molecule has 0 saturated heterocycles. The molecule has 1 aliphatic rings. The Balaban J connectivity index is 1.37. The molecular formula is C27H24N4O3. The molecular weight excluding hydrogens is 428 g/mol. The first-order valence-corrected chi connectivity index (χ1v) is 11.2. The van der Waals surface area contributed by atoms with Gasteiger partial charge in [-0.05, 0) is 48.7 Å². The molecule has 4 aromatic rings. The van der Waals surface area contributed by atoms with Crippen LogP contribution in [0.1, 0.15) is 28.4 Å². The van der Waals surface area contributed by atoms with Crippen molar-refractivity contribution in [3.05, 3.63) is 102 Å². The summed E-state index contributed by atoms with van der Waals surface area (Å²) in [7, 11) is 0. The number of carbonyl (C=O) groups excluding carboxylic acids is 2. The fourth-order valence-corrected chi connectivity index (χ4v) is 4.17. The minimum atomic E-state index is -0.917. The summed E-state index contributed by atoms with van der Waals surface area (Å²) in [6.45, 7) is 2.74. The van der Waals surface area contributed by atoms with E-state index in [1.807, 2.05) is 54.6 Å². The molecule has 2 aromatic carbocycles. The van der Waals surface area contributed by atoms with Crippen molar-refractivity contribution in [1.29, 1.82) is 0 Å². The summed E-state index contributed by atoms with van der Waals surface area (Å²) < 4.78 is 7.28. The second-order valence-corrected chi connectivity index (χ2v) is 8.24. The minimum Gasteiger partial charge on any atom is -0.449 e. The zero-order valence-electron chi connectivity index (χ0n) is 18.8. The number of esters is 1. The zero-order valence-corrected chi connectivity index (χ0v) is 18.8. The van der Waals surface area contributed by atoms with Crippen LogP contribution in [-0.2, 0) is 22.5 Å². The van der Waals surface area contributed by atoms with Crippen molar-refractivity contribution in [2.24, 2.45) is 0 Å². The normalized spacial score (nSPS) is 13.7. The van der Waals surface area contributed by atoms with Crippen LogP contribution in [0.25, 0.3) is 16.9 Å². The Morgan fingerprint density at radius 3 is 2.50 bits per heavy atom. The van der Waals surface area contributed by atoms with E-state index in [-0.39, 0.29) is 11.5 Å². The molecule has 0 saturated carbocycles. The highest BCUT2D eigenvalue weighted by molar-refractivity contribution is 5.97. The van der Waals surface area contributed by atoms with Gasteiger partial charge in [-0.15, -0.1) is 0 Å². The number of hydrogen-bond donors (Lipinski definition) is 0. The first-order chi connectivity index (χ1) is 16.6. The summed E-state index contributed by atoms with van der Waals surface area (Å²) in [5, 5.41) is 4.62. The molecule has 7 heteroatoms. The molecule has 170 valence electrons. The third-order valence-electron chi connectivity index (χ3n) is 5.96. The van der Waals surface area contributed by atoms with Gasteiger partial charge in [0.25, 0.3) is 5.91 Å². The van der Waals surface area contributed by atoms with Crippen molar-refractivity contribution in [1.82, 2.24) is 19.7 Å². The van der Waals surface area contributed by atoms with Gasteiger partial charge in [-0.1, -0.05) is 42.5 Å². The molecule has 1 aliphatic heterocycles. The molecule has 0 spiro atoms. The van der Waals surface area contributed by atoms with E-state index in [0.29, 0.717) is 24.3 Å². The number of amides is 1. The maximum Gasteiger partial charge on any atom is 0.342 e. The van der Waals surface area contributed by atoms with E-state index in [0.717, 1.165) is 17.7 Å². The highest BCUT2D eigenvalue weighted by Crippen LogP contribution is 2.25. The quantitative estimate of drug-likeness (QED) is 0.427. The average Bonchev–Trinajstić information content (AvgIpc) is 3.35. The predicted octanol–water partition coefficient (Wildman–Crippen LogP) is 4.06. The van der Waals surface area contributed by atoms with Crippen molar-refractivity contribution in [3.63, 3.8) is 0 Å². The molecule has 0 unspecified atom stereocenters. The number of carbonyl (C=O) groups is 2. The van der Waals surface area contributed by atoms with Crippen LogP contribution < -0.4 is 0 Å². The number of fused-ring (bicyclic) bond motifs is 1. The lowest BCUT2D eigenvalue weighted by atomic mass is 9.99. The van der Waals surface area contributed by atoms with Crippen LogP contribution in [0.5, 0.6) is 0 Å². The minimum absolute atomic E-state index is 0.207. The molecule has 0 bridgehead atoms. The van der Waals surface area contributed by atoms with Gasteiger partial charge in [0.05, 0.1) is 5.69 Å². The molecule has 0 N–H and O–H groups in total. The maximum absolute atomic E-state index is 13.2. The molecule has 2 aromatic heterocycles. The van der Waals surface area contributed by atoms with Crippen LogP contribution in [0.4, 0.5) is 0 Å². The van der Waals surface area contributed by atoms with E-state index >= 15 is 0 Å². The van der Waals surface area contributed by atoms with Crippen molar-refractivity contribution >= 4 is 11.9 Å². The van der Waals surface area contributed by atoms with Crippen molar-refractivity contribution in [2.75, 3.05) is 6.54 Å². The number of aromatic nitrogens is 3. The van der Waals surface area contributed by atoms with E-state index in [1.54, 1.807) is 41.2 Å². The van der Waals surface area contributed by atoms with E-state index in [2.05, 4.69) is 16.1 Å². The SMILES string of the molecule is C[C@H](OC(=O)c1cn(-c2ccccc2)nc1-c1cccnc1)C(=O)N1CCc2ccccc2C1. The molecule has 0 fully saturated rings. The third-order valence-corrected chi connectivity index (χ3v) is 5.96. The molecule has 0 radical (unpaired) electrons. The highest BCUT2D eigenvalue weighted by atomic mass is 16.5. The number of ether oxygens (including phenoxy) is 1. The molecule has 5 rings (SSSR count). The first-order valence-electron chi connectivity index (χ1n) is 11.2. The fraction of sp³-hybridized carbons (Fsp3) is 0.185. The van der Waals surface area contributed by atoms with Gasteiger partial charge in [0.2, 0.25) is 0 Å². The lowest BCUT2D eigenvalue weighted by molar-refractivity contribution is -0.140. The van der Waals surface area contributed by atoms with Crippen LogP contribution in [0.15, 0.2) is 85.3 Å². The van der Waals surface area contributed by atoms with Gasteiger partial charge >= 0.3 is 5.97 Å². The fourth-order valence-electron chi connectivity index (χ4n) is 4.17. The molecule has 1 amide bonds. The van der Waals surface area contributed by atoms with E-state index in [1.165, 1.54) is 5.56 Å². The van der Waals surface area contributed by atoms with E-state index in [4.69, 9.17) is 4.74 Å². The van der Waals surface area contributed by atoms with Crippen LogP contribution >= 0.6 is 0 Å². The van der Waals surface area contributed by atoms with Gasteiger partial charge in [-0.3, -0.25) is 9.78 Å². The van der Waals surface area contributed by atoms with Crippen molar-refractivity contribution < 1.29 is 14.3 Å². The summed E-state index contributed by atoms with van der Waals surface area (Å²) in [4.78, 5) is 32.2. The van der Waals surface area contributed by atoms with Crippen LogP contribution in [0, 0.1) is 0 Å². The van der Waals surface area contributed by atoms with Gasteiger partial charge in [0, 0.05) is 37.2 Å². The average molecular weight is 453 g/mol. The largest absolute Gasteiger partial charge is 0.449 e. The Hall–Kier alpha value is -4.26. The predicted molar refractivity (Wildman–Crippen MR) is 127 cm³/mol. The summed E-state index contributed by atoms with van der Waals surface area (Å²) in [5.74, 6) is -0.805. The Bertz CT molecular complexity index is 1320. The Morgan fingerprint density at radius 2 is 1.74 bits per heavy atom. The van der Waals surface area contributed by atoms with Crippen LogP contribution in [0.2, 0.25) is 0 Å². The number of rotatable bonds is 5. The summed E-state index contributed by atoms with van der Waals surface area (Å²) >= 11 is 0. The smallest absolute Gasteiger partial charge is 0.342 e. The van der Waals surface area contributed by atoms with Crippen molar-refractivity contribution in [3.8, 4) is 16.9 Å². The number of benzene rings is 2. The molecule has 0 aliphatic carbocycles. The standard InChI is InChI=1S/C27H24N4O3/c1-19(26(32)30-15-13-20-8-5-6-9-22(20)17-30)34-27(33)24-18-31(23-11-3-2-4-12-23)29-25(24)21-10-7-14-28-16-21/h2-12,14,16,18-19H,13,15,17H2,1H3/t19-/m0/s1. The van der Waals surface area contributed by atoms with Gasteiger partial charge < -0.3 is 9.64 Å². The number of hydrogen-bond acceptors (Lipinski definition) is 5. The topological polar surface area (TPSA) is 77.3 Å². The van der Waals surface area contributed by atoms with Crippen LogP contribution in [0.3, 0.4) is 0 Å². The van der Waals surface area contributed by atoms with Crippen LogP contribution in [-0.4, -0.2) is 44.2 Å². The number of pyridine rings is 1. The summed E-state index contributed by atoms with van der Waals surface area (Å²) in [6, 6.07) is 21.2. The zero-order chi connectivity index (χ0) is 23.5. The molecule has 34 heavy (non-hydrogen) atoms. The van der Waals surface area contributed by atoms with Gasteiger partial charge in [-0.2, -0.15) is 5.10 Å². The summed E-state index contributed by atoms with van der Waals surface area (Å²) in [5.41, 5.74) is 4.61. The Morgan fingerprint density at radius 1 is 0.971 bits per heavy atom. The van der Waals surface area contributed by atoms with Crippen molar-refractivity contribution in [2.45, 2.75) is 26.0 Å². The molecule has 7 nitrogen and oxygen atoms in total. The second-order valence-electron chi connectivity index (χ2n) is 8.24. The third kappa shape index (κ3) is 4.32. The second kappa shape index (κ2) is 9.31. The lowest BCUT2D eigenvalue weighted by Gasteiger charge is -2.30. The van der Waals surface area contributed by atoms with E-state index < -0.39 is 12.1 Å². The summed E-state index contributed by atoms with van der Waals surface area (Å²) in [6.07, 6.45) is 4.81. The number of nitrogens with zero attached hydrogens (tertiary/aromatic N) is 4. The number of para-hydroxylation sites is 1. The monoisotopic (exact) mass is 452 g/mol. The Kier molecular flexibility index (Phi) is 5.91. The van der Waals surface area contributed by atoms with Gasteiger partial charge in [-0.25, -0.2) is 9.48 Å². The first kappa shape index (κ1) is 21.6. The highest BCUT2D eigenvalue weighted by Gasteiger charge is 2.29. The van der Waals surface area contributed by atoms with Gasteiger partial charge in [0.1, 0.15) is 11.3 Å². The lowest BCUT2D eigenvalue weighted by Crippen LogP contribution is -2.42. The molecule has 3 heterocycles. The molecule has 1 atom stereocenters. The van der Waals surface area contributed by atoms with Gasteiger partial charge in [0.15, 0.2) is 6.10 Å². The van der Waals surface area contributed by atoms with E-state index in [9.17, 15) is 9.59 Å².